The maximum Gasteiger partial charge on any atom is 0.271 e. The number of piperidine rings is 1. The van der Waals surface area contributed by atoms with Gasteiger partial charge in [0, 0.05) is 49.6 Å². The summed E-state index contributed by atoms with van der Waals surface area (Å²) in [5, 5.41) is 37.4. The predicted molar refractivity (Wildman–Crippen MR) is 177 cm³/mol. The smallest absolute Gasteiger partial charge is 0.271 e. The summed E-state index contributed by atoms with van der Waals surface area (Å²) in [6, 6.07) is 22.9. The van der Waals surface area contributed by atoms with Gasteiger partial charge < -0.3 is 10.2 Å². The summed E-state index contributed by atoms with van der Waals surface area (Å²) < 4.78 is 3.71. The number of non-ortho nitro benzene ring substituents is 1. The van der Waals surface area contributed by atoms with Crippen LogP contribution in [0.3, 0.4) is 0 Å². The number of aryl methyl sites for hydroxylation is 1. The third-order valence-electron chi connectivity index (χ3n) is 9.14. The van der Waals surface area contributed by atoms with Crippen molar-refractivity contribution < 1.29 is 9.72 Å². The maximum absolute atomic E-state index is 14.1. The minimum Gasteiger partial charge on any atom is -0.381 e. The lowest BCUT2D eigenvalue weighted by Gasteiger charge is -2.31. The Labute approximate surface area is 275 Å². The first kappa shape index (κ1) is 29.5. The SMILES string of the molecule is O=C(c1c(Cn2cc(-c3cccc(NCc4ccccc4)c3)nn2)nn2c1CCC2)N1CCC(n2nc3ccc([N+](=O)[O-])cc3n2)CC1. The molecule has 0 radical (unpaired) electrons. The highest BCUT2D eigenvalue weighted by molar-refractivity contribution is 5.96. The van der Waals surface area contributed by atoms with Crippen LogP contribution in [0.1, 0.15) is 52.6 Å². The molecule has 0 bridgehead atoms. The number of nitro groups is 1. The fourth-order valence-electron chi connectivity index (χ4n) is 6.65. The predicted octanol–water partition coefficient (Wildman–Crippen LogP) is 4.88. The van der Waals surface area contributed by atoms with Gasteiger partial charge in [-0.1, -0.05) is 47.7 Å². The van der Waals surface area contributed by atoms with Crippen molar-refractivity contribution in [1.29, 1.82) is 0 Å². The Hall–Kier alpha value is -5.92. The average molecular weight is 644 g/mol. The second kappa shape index (κ2) is 12.4. The summed E-state index contributed by atoms with van der Waals surface area (Å²) in [6.07, 6.45) is 5.03. The molecule has 0 atom stereocenters. The molecule has 1 saturated heterocycles. The molecule has 0 saturated carbocycles. The fraction of sp³-hybridized carbons (Fsp3) is 0.294. The van der Waals surface area contributed by atoms with Gasteiger partial charge in [0.1, 0.15) is 16.7 Å². The number of hydrogen-bond donors (Lipinski definition) is 1. The van der Waals surface area contributed by atoms with Crippen LogP contribution in [0.15, 0.2) is 79.0 Å². The second-order valence-electron chi connectivity index (χ2n) is 12.3. The average Bonchev–Trinajstić information content (AvgIpc) is 3.92. The van der Waals surface area contributed by atoms with Crippen LogP contribution in [0.4, 0.5) is 11.4 Å². The van der Waals surface area contributed by atoms with Crippen molar-refractivity contribution in [2.24, 2.45) is 0 Å². The molecule has 0 unspecified atom stereocenters. The molecule has 6 aromatic rings. The number of nitro benzene ring substituents is 1. The van der Waals surface area contributed by atoms with E-state index in [1.165, 1.54) is 17.7 Å². The van der Waals surface area contributed by atoms with Gasteiger partial charge in [-0.25, -0.2) is 4.68 Å². The number of carbonyl (C=O) groups is 1. The summed E-state index contributed by atoms with van der Waals surface area (Å²) in [5.74, 6) is -0.0154. The van der Waals surface area contributed by atoms with Crippen LogP contribution < -0.4 is 5.32 Å². The van der Waals surface area contributed by atoms with Crippen LogP contribution >= 0.6 is 0 Å². The number of likely N-dealkylation sites (tertiary alicyclic amines) is 1. The van der Waals surface area contributed by atoms with E-state index >= 15 is 0 Å². The highest BCUT2D eigenvalue weighted by atomic mass is 16.6. The van der Waals surface area contributed by atoms with Crippen molar-refractivity contribution in [1.82, 2.24) is 44.7 Å². The molecule has 8 rings (SSSR count). The van der Waals surface area contributed by atoms with Gasteiger partial charge in [0.25, 0.3) is 11.6 Å². The van der Waals surface area contributed by atoms with E-state index < -0.39 is 4.92 Å². The van der Waals surface area contributed by atoms with Gasteiger partial charge in [0.05, 0.1) is 40.7 Å². The van der Waals surface area contributed by atoms with E-state index in [9.17, 15) is 14.9 Å². The van der Waals surface area contributed by atoms with E-state index in [2.05, 4.69) is 44.0 Å². The van der Waals surface area contributed by atoms with E-state index in [0.717, 1.165) is 48.6 Å². The molecule has 242 valence electrons. The molecular formula is C34H33N11O3. The van der Waals surface area contributed by atoms with Crippen molar-refractivity contribution in [3.05, 3.63) is 112 Å². The van der Waals surface area contributed by atoms with Crippen LogP contribution in [0, 0.1) is 10.1 Å². The Morgan fingerprint density at radius 3 is 2.60 bits per heavy atom. The normalized spacial score (nSPS) is 14.8. The van der Waals surface area contributed by atoms with Gasteiger partial charge in [-0.15, -0.1) is 5.10 Å². The van der Waals surface area contributed by atoms with Crippen LogP contribution in [0.2, 0.25) is 0 Å². The van der Waals surface area contributed by atoms with Crippen molar-refractivity contribution in [3.63, 3.8) is 0 Å². The van der Waals surface area contributed by atoms with Gasteiger partial charge in [-0.3, -0.25) is 19.6 Å². The minimum absolute atomic E-state index is 0.00142. The fourth-order valence-corrected chi connectivity index (χ4v) is 6.65. The second-order valence-corrected chi connectivity index (χ2v) is 12.3. The molecule has 14 heteroatoms. The van der Waals surface area contributed by atoms with Crippen molar-refractivity contribution >= 4 is 28.3 Å². The van der Waals surface area contributed by atoms with Gasteiger partial charge >= 0.3 is 0 Å². The number of aromatic nitrogens is 8. The molecule has 0 spiro atoms. The minimum atomic E-state index is -0.434. The summed E-state index contributed by atoms with van der Waals surface area (Å²) in [6.45, 7) is 2.95. The number of hydrogen-bond acceptors (Lipinski definition) is 9. The lowest BCUT2D eigenvalue weighted by molar-refractivity contribution is -0.384. The zero-order chi connectivity index (χ0) is 32.6. The molecule has 1 amide bonds. The monoisotopic (exact) mass is 643 g/mol. The van der Waals surface area contributed by atoms with E-state index in [4.69, 9.17) is 5.10 Å². The molecule has 2 aliphatic heterocycles. The van der Waals surface area contributed by atoms with Gasteiger partial charge in [-0.2, -0.15) is 20.1 Å². The molecule has 0 aliphatic carbocycles. The summed E-state index contributed by atoms with van der Waals surface area (Å²) in [5.41, 5.74) is 7.34. The highest BCUT2D eigenvalue weighted by Gasteiger charge is 2.32. The Balaban J connectivity index is 0.957. The molecular weight excluding hydrogens is 610 g/mol. The molecule has 1 fully saturated rings. The first-order valence-corrected chi connectivity index (χ1v) is 16.2. The zero-order valence-electron chi connectivity index (χ0n) is 26.1. The van der Waals surface area contributed by atoms with Crippen LogP contribution in [0.5, 0.6) is 0 Å². The number of carbonyl (C=O) groups excluding carboxylic acids is 1. The number of rotatable bonds is 9. The molecule has 48 heavy (non-hydrogen) atoms. The Bertz CT molecular complexity index is 2130. The number of amides is 1. The van der Waals surface area contributed by atoms with Gasteiger partial charge in [-0.05, 0) is 49.4 Å². The van der Waals surface area contributed by atoms with E-state index in [1.807, 2.05) is 52.2 Å². The number of nitrogens with one attached hydrogen (secondary N) is 1. The maximum atomic E-state index is 14.1. The summed E-state index contributed by atoms with van der Waals surface area (Å²) in [7, 11) is 0. The van der Waals surface area contributed by atoms with Gasteiger partial charge in [0.2, 0.25) is 0 Å². The number of benzene rings is 3. The third-order valence-corrected chi connectivity index (χ3v) is 9.14. The molecule has 5 heterocycles. The Morgan fingerprint density at radius 2 is 1.77 bits per heavy atom. The highest BCUT2D eigenvalue weighted by Crippen LogP contribution is 2.29. The lowest BCUT2D eigenvalue weighted by Crippen LogP contribution is -2.40. The molecule has 14 nitrogen and oxygen atoms in total. The first-order chi connectivity index (χ1) is 23.5. The van der Waals surface area contributed by atoms with E-state index in [1.54, 1.807) is 15.5 Å². The molecule has 2 aliphatic rings. The van der Waals surface area contributed by atoms with Crippen molar-refractivity contribution in [3.8, 4) is 11.3 Å². The molecule has 3 aromatic heterocycles. The number of nitrogens with zero attached hydrogens (tertiary/aromatic N) is 10. The first-order valence-electron chi connectivity index (χ1n) is 16.2. The summed E-state index contributed by atoms with van der Waals surface area (Å²) >= 11 is 0. The van der Waals surface area contributed by atoms with Crippen LogP contribution in [-0.4, -0.2) is 68.6 Å². The van der Waals surface area contributed by atoms with Gasteiger partial charge in [0.15, 0.2) is 0 Å². The molecule has 3 aromatic carbocycles. The standard InChI is InChI=1S/C34H33N11O3/c46-34(41-16-13-26(14-17-41)44-38-28-12-11-27(45(47)48)19-29(28)39-44)33-31(37-43-15-5-10-32(33)43)22-42-21-30(36-40-42)24-8-4-9-25(18-24)35-20-23-6-2-1-3-7-23/h1-4,6-9,11-12,18-19,21,26,35H,5,10,13-17,20,22H2. The van der Waals surface area contributed by atoms with E-state index in [0.29, 0.717) is 54.8 Å². The third kappa shape index (κ3) is 5.76. The topological polar surface area (TPSA) is 155 Å². The number of fused-ring (bicyclic) bond motifs is 2. The lowest BCUT2D eigenvalue weighted by atomic mass is 10.0. The summed E-state index contributed by atoms with van der Waals surface area (Å²) in [4.78, 5) is 28.3. The van der Waals surface area contributed by atoms with E-state index in [-0.39, 0.29) is 17.6 Å². The molecule has 1 N–H and O–H groups in total. The van der Waals surface area contributed by atoms with Crippen LogP contribution in [-0.2, 0) is 26.1 Å². The van der Waals surface area contributed by atoms with Crippen molar-refractivity contribution in [2.75, 3.05) is 18.4 Å². The Morgan fingerprint density at radius 1 is 0.938 bits per heavy atom. The largest absolute Gasteiger partial charge is 0.381 e. The quantitative estimate of drug-likeness (QED) is 0.171. The van der Waals surface area contributed by atoms with Crippen LogP contribution in [0.25, 0.3) is 22.3 Å². The Kier molecular flexibility index (Phi) is 7.59. The van der Waals surface area contributed by atoms with Crippen molar-refractivity contribution in [2.45, 2.75) is 51.4 Å². The zero-order valence-corrected chi connectivity index (χ0v) is 26.1. The number of anilines is 1.